The largest absolute Gasteiger partial charge is 0.322 e. The van der Waals surface area contributed by atoms with Crippen molar-refractivity contribution in [3.05, 3.63) is 87.7 Å². The Morgan fingerprint density at radius 1 is 0.889 bits per heavy atom. The quantitative estimate of drug-likeness (QED) is 0.622. The Bertz CT molecular complexity index is 1000. The van der Waals surface area contributed by atoms with E-state index in [0.29, 0.717) is 22.5 Å². The molecule has 136 valence electrons. The third kappa shape index (κ3) is 4.60. The van der Waals surface area contributed by atoms with Crippen LogP contribution in [0.1, 0.15) is 31.8 Å². The van der Waals surface area contributed by atoms with Crippen molar-refractivity contribution >= 4 is 39.1 Å². The molecule has 0 bridgehead atoms. The van der Waals surface area contributed by atoms with Gasteiger partial charge in [0.05, 0.1) is 11.9 Å². The molecule has 2 N–H and O–H groups in total. The number of hydrogen-bond donors (Lipinski definition) is 2. The van der Waals surface area contributed by atoms with Gasteiger partial charge in [-0.1, -0.05) is 22.0 Å². The summed E-state index contributed by atoms with van der Waals surface area (Å²) in [4.78, 5) is 29.1. The lowest BCUT2D eigenvalue weighted by Gasteiger charge is -2.11. The van der Waals surface area contributed by atoms with E-state index in [2.05, 4.69) is 31.5 Å². The summed E-state index contributed by atoms with van der Waals surface area (Å²) in [5.74, 6) is -0.482. The lowest BCUT2D eigenvalue weighted by atomic mass is 10.1. The highest BCUT2D eigenvalue weighted by Crippen LogP contribution is 2.20. The maximum atomic E-state index is 12.6. The van der Waals surface area contributed by atoms with Crippen LogP contribution in [0.4, 0.5) is 11.4 Å². The topological polar surface area (TPSA) is 71.1 Å². The van der Waals surface area contributed by atoms with Crippen molar-refractivity contribution in [2.24, 2.45) is 0 Å². The van der Waals surface area contributed by atoms with Crippen LogP contribution >= 0.6 is 15.9 Å². The minimum Gasteiger partial charge on any atom is -0.322 e. The van der Waals surface area contributed by atoms with E-state index in [1.165, 1.54) is 0 Å². The number of carbonyl (C=O) groups excluding carboxylic acids is 2. The molecular weight excluding hydrogens is 406 g/mol. The second-order valence-corrected chi connectivity index (χ2v) is 7.00. The van der Waals surface area contributed by atoms with Gasteiger partial charge in [0, 0.05) is 27.5 Å². The molecule has 3 aromatic rings. The van der Waals surface area contributed by atoms with E-state index in [1.54, 1.807) is 48.8 Å². The summed E-state index contributed by atoms with van der Waals surface area (Å²) in [6.07, 6.45) is 3.22. The van der Waals surface area contributed by atoms with E-state index in [-0.39, 0.29) is 11.8 Å². The highest BCUT2D eigenvalue weighted by atomic mass is 79.9. The molecule has 2 aromatic carbocycles. The molecule has 0 aliphatic heterocycles. The molecule has 6 heteroatoms. The fourth-order valence-electron chi connectivity index (χ4n) is 2.57. The highest BCUT2D eigenvalue weighted by molar-refractivity contribution is 9.10. The van der Waals surface area contributed by atoms with Crippen LogP contribution in [0.5, 0.6) is 0 Å². The monoisotopic (exact) mass is 423 g/mol. The van der Waals surface area contributed by atoms with Gasteiger partial charge in [-0.3, -0.25) is 14.6 Å². The van der Waals surface area contributed by atoms with Gasteiger partial charge in [-0.05, 0) is 67.4 Å². The van der Waals surface area contributed by atoms with Gasteiger partial charge in [-0.25, -0.2) is 0 Å². The van der Waals surface area contributed by atoms with Gasteiger partial charge in [0.1, 0.15) is 0 Å². The first-order valence-electron chi connectivity index (χ1n) is 8.33. The van der Waals surface area contributed by atoms with Gasteiger partial charge in [-0.15, -0.1) is 0 Å². The molecule has 0 saturated carbocycles. The molecule has 0 fully saturated rings. The van der Waals surface area contributed by atoms with Gasteiger partial charge in [0.25, 0.3) is 11.8 Å². The Morgan fingerprint density at radius 2 is 1.67 bits per heavy atom. The van der Waals surface area contributed by atoms with Crippen LogP contribution in [0.25, 0.3) is 0 Å². The Balaban J connectivity index is 1.79. The average Bonchev–Trinajstić information content (AvgIpc) is 2.66. The lowest BCUT2D eigenvalue weighted by Crippen LogP contribution is -2.16. The van der Waals surface area contributed by atoms with Gasteiger partial charge < -0.3 is 10.6 Å². The fraction of sp³-hybridized carbons (Fsp3) is 0.0952. The number of benzene rings is 2. The minimum absolute atomic E-state index is 0.229. The molecule has 1 aromatic heterocycles. The molecule has 0 saturated heterocycles. The Hall–Kier alpha value is -2.99. The SMILES string of the molecule is Cc1cc(C(=O)Nc2ccc(C)c(C(=O)Nc3cccnc3)c2)ccc1Br. The second kappa shape index (κ2) is 8.14. The zero-order valence-corrected chi connectivity index (χ0v) is 16.5. The van der Waals surface area contributed by atoms with Crippen LogP contribution in [0, 0.1) is 13.8 Å². The molecular formula is C21H18BrN3O2. The average molecular weight is 424 g/mol. The number of anilines is 2. The zero-order valence-electron chi connectivity index (χ0n) is 14.9. The summed E-state index contributed by atoms with van der Waals surface area (Å²) in [5, 5.41) is 5.65. The van der Waals surface area contributed by atoms with Gasteiger partial charge in [0.2, 0.25) is 0 Å². The van der Waals surface area contributed by atoms with E-state index < -0.39 is 0 Å². The molecule has 27 heavy (non-hydrogen) atoms. The molecule has 3 rings (SSSR count). The van der Waals surface area contributed by atoms with Crippen molar-refractivity contribution in [3.63, 3.8) is 0 Å². The Labute approximate surface area is 166 Å². The van der Waals surface area contributed by atoms with E-state index in [1.807, 2.05) is 26.0 Å². The van der Waals surface area contributed by atoms with Crippen LogP contribution in [0.3, 0.4) is 0 Å². The fourth-order valence-corrected chi connectivity index (χ4v) is 2.82. The molecule has 0 atom stereocenters. The zero-order chi connectivity index (χ0) is 19.4. The molecule has 2 amide bonds. The number of amides is 2. The standard InChI is InChI=1S/C21H18BrN3O2/c1-13-5-7-16(24-20(26)15-6-8-19(22)14(2)10-15)11-18(13)21(27)25-17-4-3-9-23-12-17/h3-12H,1-2H3,(H,24,26)(H,25,27). The van der Waals surface area contributed by atoms with Crippen LogP contribution in [-0.2, 0) is 0 Å². The van der Waals surface area contributed by atoms with Crippen molar-refractivity contribution < 1.29 is 9.59 Å². The summed E-state index contributed by atoms with van der Waals surface area (Å²) in [5.41, 5.74) is 4.00. The number of aromatic nitrogens is 1. The van der Waals surface area contributed by atoms with Gasteiger partial charge >= 0.3 is 0 Å². The van der Waals surface area contributed by atoms with E-state index in [0.717, 1.165) is 15.6 Å². The molecule has 1 heterocycles. The normalized spacial score (nSPS) is 10.3. The first-order chi connectivity index (χ1) is 12.9. The van der Waals surface area contributed by atoms with Gasteiger partial charge in [-0.2, -0.15) is 0 Å². The van der Waals surface area contributed by atoms with Crippen LogP contribution in [-0.4, -0.2) is 16.8 Å². The van der Waals surface area contributed by atoms with Crippen molar-refractivity contribution in [2.75, 3.05) is 10.6 Å². The van der Waals surface area contributed by atoms with E-state index in [9.17, 15) is 9.59 Å². The predicted molar refractivity (Wildman–Crippen MR) is 110 cm³/mol. The number of rotatable bonds is 4. The molecule has 0 radical (unpaired) electrons. The van der Waals surface area contributed by atoms with Gasteiger partial charge in [0.15, 0.2) is 0 Å². The molecule has 0 unspecified atom stereocenters. The Kier molecular flexibility index (Phi) is 5.66. The van der Waals surface area contributed by atoms with Crippen molar-refractivity contribution in [1.82, 2.24) is 4.98 Å². The summed E-state index contributed by atoms with van der Waals surface area (Å²) in [7, 11) is 0. The second-order valence-electron chi connectivity index (χ2n) is 6.14. The van der Waals surface area contributed by atoms with Crippen molar-refractivity contribution in [3.8, 4) is 0 Å². The summed E-state index contributed by atoms with van der Waals surface area (Å²) in [6.45, 7) is 3.77. The number of hydrogen-bond acceptors (Lipinski definition) is 3. The van der Waals surface area contributed by atoms with Crippen LogP contribution < -0.4 is 10.6 Å². The maximum absolute atomic E-state index is 12.6. The number of carbonyl (C=O) groups is 2. The summed E-state index contributed by atoms with van der Waals surface area (Å²) in [6, 6.07) is 14.2. The number of nitrogens with zero attached hydrogens (tertiary/aromatic N) is 1. The van der Waals surface area contributed by atoms with E-state index in [4.69, 9.17) is 0 Å². The van der Waals surface area contributed by atoms with Crippen molar-refractivity contribution in [2.45, 2.75) is 13.8 Å². The number of aryl methyl sites for hydroxylation is 2. The first kappa shape index (κ1) is 18.8. The highest BCUT2D eigenvalue weighted by Gasteiger charge is 2.13. The summed E-state index contributed by atoms with van der Waals surface area (Å²) >= 11 is 3.43. The minimum atomic E-state index is -0.254. The van der Waals surface area contributed by atoms with Crippen LogP contribution in [0.15, 0.2) is 65.4 Å². The molecule has 0 aliphatic rings. The number of pyridine rings is 1. The third-order valence-electron chi connectivity index (χ3n) is 4.08. The first-order valence-corrected chi connectivity index (χ1v) is 9.13. The lowest BCUT2D eigenvalue weighted by molar-refractivity contribution is 0.101. The predicted octanol–water partition coefficient (Wildman–Crippen LogP) is 4.97. The maximum Gasteiger partial charge on any atom is 0.256 e. The Morgan fingerprint density at radius 3 is 2.37 bits per heavy atom. The molecule has 5 nitrogen and oxygen atoms in total. The van der Waals surface area contributed by atoms with E-state index >= 15 is 0 Å². The van der Waals surface area contributed by atoms with Crippen molar-refractivity contribution in [1.29, 1.82) is 0 Å². The molecule has 0 spiro atoms. The number of nitrogens with one attached hydrogen (secondary N) is 2. The summed E-state index contributed by atoms with van der Waals surface area (Å²) < 4.78 is 0.948. The molecule has 0 aliphatic carbocycles. The van der Waals surface area contributed by atoms with Crippen LogP contribution in [0.2, 0.25) is 0 Å². The number of halogens is 1. The third-order valence-corrected chi connectivity index (χ3v) is 4.97. The smallest absolute Gasteiger partial charge is 0.256 e.